The smallest absolute Gasteiger partial charge is 0.322 e. The van der Waals surface area contributed by atoms with Gasteiger partial charge in [0.25, 0.3) is 0 Å². The summed E-state index contributed by atoms with van der Waals surface area (Å²) in [6.45, 7) is 4.99. The molecule has 65 heavy (non-hydrogen) atoms. The maximum absolute atomic E-state index is 14.5. The van der Waals surface area contributed by atoms with E-state index in [2.05, 4.69) is 29.2 Å². The molecule has 1 N–H and O–H groups in total. The molecule has 0 saturated carbocycles. The summed E-state index contributed by atoms with van der Waals surface area (Å²) in [5, 5.41) is 9.11. The molecule has 0 amide bonds. The Labute approximate surface area is 385 Å². The van der Waals surface area contributed by atoms with E-state index in [-0.39, 0.29) is 12.1 Å². The lowest BCUT2D eigenvalue weighted by Gasteiger charge is -2.36. The Hall–Kier alpha value is -5.06. The second-order valence-corrected chi connectivity index (χ2v) is 23.0. The molecule has 7 aromatic rings. The highest BCUT2D eigenvalue weighted by atomic mass is 33.1. The van der Waals surface area contributed by atoms with Gasteiger partial charge in [-0.15, -0.1) is 0 Å². The molecule has 0 spiro atoms. The van der Waals surface area contributed by atoms with E-state index in [4.69, 9.17) is 43.3 Å². The van der Waals surface area contributed by atoms with E-state index >= 15 is 0 Å². The van der Waals surface area contributed by atoms with E-state index in [0.29, 0.717) is 37.5 Å². The third-order valence-electron chi connectivity index (χ3n) is 11.2. The Morgan fingerprint density at radius 2 is 1.29 bits per heavy atom. The molecule has 2 aliphatic heterocycles. The summed E-state index contributed by atoms with van der Waals surface area (Å²) in [6, 6.07) is 47.5. The summed E-state index contributed by atoms with van der Waals surface area (Å²) in [5.41, 5.74) is 3.07. The molecular weight excluding hydrogens is 882 g/mol. The van der Waals surface area contributed by atoms with Crippen LogP contribution in [0, 0.1) is 5.41 Å². The van der Waals surface area contributed by atoms with Crippen LogP contribution in [-0.4, -0.2) is 76.7 Å². The summed E-state index contributed by atoms with van der Waals surface area (Å²) in [4.78, 5) is 11.0. The monoisotopic (exact) mass is 931 g/mol. The summed E-state index contributed by atoms with van der Waals surface area (Å²) in [6.07, 6.45) is 0.817. The molecule has 4 heterocycles. The van der Waals surface area contributed by atoms with Crippen LogP contribution in [0.3, 0.4) is 0 Å². The first kappa shape index (κ1) is 45.1. The Kier molecular flexibility index (Phi) is 13.7. The van der Waals surface area contributed by atoms with Gasteiger partial charge in [0, 0.05) is 16.3 Å². The number of methoxy groups -OCH3 is 1. The molecule has 336 valence electrons. The molecule has 0 unspecified atom stereocenters. The molecule has 13 nitrogen and oxygen atoms in total. The molecule has 5 aromatic carbocycles. The van der Waals surface area contributed by atoms with Crippen molar-refractivity contribution in [3.8, 4) is 5.75 Å². The maximum atomic E-state index is 14.5. The minimum Gasteiger partial charge on any atom is -0.497 e. The second-order valence-electron chi connectivity index (χ2n) is 15.9. The molecule has 0 radical (unpaired) electrons. The van der Waals surface area contributed by atoms with Crippen LogP contribution in [0.25, 0.3) is 11.2 Å². The van der Waals surface area contributed by atoms with Crippen molar-refractivity contribution in [1.29, 1.82) is 5.41 Å². The van der Waals surface area contributed by atoms with Gasteiger partial charge in [0.1, 0.15) is 35.2 Å². The zero-order valence-electron chi connectivity index (χ0n) is 36.2. The first-order chi connectivity index (χ1) is 31.6. The van der Waals surface area contributed by atoms with Crippen LogP contribution in [0.4, 0.5) is 0 Å². The third-order valence-corrected chi connectivity index (χ3v) is 17.7. The molecule has 4 atom stereocenters. The summed E-state index contributed by atoms with van der Waals surface area (Å²) in [7, 11) is 1.66. The van der Waals surface area contributed by atoms with Gasteiger partial charge in [-0.3, -0.25) is 14.5 Å². The summed E-state index contributed by atoms with van der Waals surface area (Å²) >= 11 is 2.42. The number of benzene rings is 5. The van der Waals surface area contributed by atoms with Gasteiger partial charge in [0.2, 0.25) is 0 Å². The van der Waals surface area contributed by atoms with Crippen molar-refractivity contribution in [3.05, 3.63) is 180 Å². The standard InChI is InChI=1S/C49H50N5O8PS2/c1-48(2)61-43-41(32-59-63(55,64-39-20-12-6-13-21-39)65-40-22-14-7-15-23-40)60-47(44(43)62-48)54-34-51-42-45(50)53(33-52-46(42)54)28-29-57-30-31-58-49(35-16-8-4-9-17-35,36-18-10-5-11-19-36)37-24-26-38(56-3)27-25-37/h4-27,33-34,41,43-44,47,50H,28-32H2,1-3H3/t41-,43-,44-,47-/m1/s1. The molecule has 0 aliphatic carbocycles. The Morgan fingerprint density at radius 3 is 1.89 bits per heavy atom. The highest BCUT2D eigenvalue weighted by Gasteiger charge is 2.56. The quantitative estimate of drug-likeness (QED) is 0.0469. The van der Waals surface area contributed by atoms with Crippen LogP contribution in [0.2, 0.25) is 0 Å². The number of nitrogens with zero attached hydrogens (tertiary/aromatic N) is 4. The lowest BCUT2D eigenvalue weighted by molar-refractivity contribution is -0.198. The van der Waals surface area contributed by atoms with Crippen LogP contribution in [0.1, 0.15) is 36.8 Å². The number of fused-ring (bicyclic) bond motifs is 2. The van der Waals surface area contributed by atoms with Gasteiger partial charge in [-0.2, -0.15) is 0 Å². The van der Waals surface area contributed by atoms with E-state index in [1.54, 1.807) is 28.9 Å². The zero-order chi connectivity index (χ0) is 44.9. The van der Waals surface area contributed by atoms with Crippen molar-refractivity contribution in [3.63, 3.8) is 0 Å². The first-order valence-corrected chi connectivity index (χ1v) is 25.8. The lowest BCUT2D eigenvalue weighted by atomic mass is 9.80. The number of aromatic nitrogens is 4. The highest BCUT2D eigenvalue weighted by Crippen LogP contribution is 2.74. The second kappa shape index (κ2) is 19.8. The van der Waals surface area contributed by atoms with Gasteiger partial charge in [0.05, 0.1) is 46.2 Å². The summed E-state index contributed by atoms with van der Waals surface area (Å²) < 4.78 is 62.3. The predicted octanol–water partition coefficient (Wildman–Crippen LogP) is 9.87. The minimum absolute atomic E-state index is 0.0101. The number of hydrogen-bond acceptors (Lipinski definition) is 13. The van der Waals surface area contributed by atoms with Gasteiger partial charge >= 0.3 is 5.77 Å². The summed E-state index contributed by atoms with van der Waals surface area (Å²) in [5.74, 6) is -3.55. The molecule has 16 heteroatoms. The first-order valence-electron chi connectivity index (χ1n) is 21.3. The van der Waals surface area contributed by atoms with Crippen LogP contribution < -0.4 is 10.2 Å². The van der Waals surface area contributed by atoms with Crippen LogP contribution in [0.5, 0.6) is 5.75 Å². The number of imidazole rings is 1. The topological polar surface area (TPSA) is 141 Å². The number of rotatable bonds is 19. The number of nitrogens with one attached hydrogen (secondary N) is 1. The van der Waals surface area contributed by atoms with Gasteiger partial charge in [-0.05, 0) is 89.7 Å². The number of hydrogen-bond donors (Lipinski definition) is 1. The van der Waals surface area contributed by atoms with E-state index in [0.717, 1.165) is 32.2 Å². The van der Waals surface area contributed by atoms with Gasteiger partial charge in [-0.25, -0.2) is 9.97 Å². The molecule has 2 aromatic heterocycles. The normalized spacial score (nSPS) is 19.4. The van der Waals surface area contributed by atoms with Gasteiger partial charge in [0.15, 0.2) is 23.1 Å². The van der Waals surface area contributed by atoms with E-state index < -0.39 is 41.7 Å². The molecule has 2 fully saturated rings. The van der Waals surface area contributed by atoms with Crippen molar-refractivity contribution in [2.45, 2.75) is 66.1 Å². The average molecular weight is 932 g/mol. The molecule has 2 saturated heterocycles. The van der Waals surface area contributed by atoms with Crippen molar-refractivity contribution in [1.82, 2.24) is 19.1 Å². The van der Waals surface area contributed by atoms with Crippen molar-refractivity contribution in [2.24, 2.45) is 0 Å². The minimum atomic E-state index is -3.40. The fourth-order valence-corrected chi connectivity index (χ4v) is 14.7. The zero-order valence-corrected chi connectivity index (χ0v) is 38.7. The Morgan fingerprint density at radius 1 is 0.723 bits per heavy atom. The molecular formula is C49H50N5O8PS2. The van der Waals surface area contributed by atoms with Crippen molar-refractivity contribution in [2.75, 3.05) is 33.5 Å². The largest absolute Gasteiger partial charge is 0.497 e. The van der Waals surface area contributed by atoms with Crippen LogP contribution in [0.15, 0.2) is 168 Å². The molecule has 0 bridgehead atoms. The third kappa shape index (κ3) is 9.90. The van der Waals surface area contributed by atoms with E-state index in [1.807, 2.05) is 135 Å². The predicted molar refractivity (Wildman–Crippen MR) is 250 cm³/mol. The van der Waals surface area contributed by atoms with Gasteiger partial charge in [-0.1, -0.05) is 109 Å². The van der Waals surface area contributed by atoms with E-state index in [1.165, 1.54) is 22.8 Å². The molecule has 9 rings (SSSR count). The fraction of sp³-hybridized carbons (Fsp3) is 0.286. The number of ether oxygens (including phenoxy) is 6. The SMILES string of the molecule is COc1ccc(C(OCCOCCn2cnc3c(ncn3[C@@H]3O[C@H](COP(=O)(Sc4ccccc4)Sc4ccccc4)[C@H]4OC(C)(C)O[C@H]43)c2=N)(c2ccccc2)c2ccccc2)cc1. The maximum Gasteiger partial charge on any atom is 0.322 e. The Balaban J connectivity index is 0.871. The fourth-order valence-electron chi connectivity index (χ4n) is 8.24. The highest BCUT2D eigenvalue weighted by molar-refractivity contribution is 8.89. The van der Waals surface area contributed by atoms with Crippen LogP contribution in [-0.2, 0) is 44.9 Å². The molecule has 2 aliphatic rings. The van der Waals surface area contributed by atoms with Crippen molar-refractivity contribution >= 4 is 39.7 Å². The van der Waals surface area contributed by atoms with Crippen LogP contribution >= 0.6 is 28.5 Å². The average Bonchev–Trinajstić information content (AvgIpc) is 4.01. The lowest BCUT2D eigenvalue weighted by Crippen LogP contribution is -2.34. The van der Waals surface area contributed by atoms with Gasteiger partial charge < -0.3 is 37.5 Å². The van der Waals surface area contributed by atoms with Crippen molar-refractivity contribution < 1.29 is 37.5 Å². The van der Waals surface area contributed by atoms with E-state index in [9.17, 15) is 4.57 Å². The Bertz CT molecular complexity index is 2680.